The molecule has 1 saturated heterocycles. The Bertz CT molecular complexity index is 1220. The van der Waals surface area contributed by atoms with Crippen LogP contribution >= 0.6 is 0 Å². The minimum atomic E-state index is 0.238. The Hall–Kier alpha value is -3.72. The molecule has 5 rings (SSSR count). The predicted octanol–water partition coefficient (Wildman–Crippen LogP) is 4.04. The second-order valence-corrected chi connectivity index (χ2v) is 8.58. The number of aromatic nitrogens is 5. The number of pyridine rings is 1. The largest absolute Gasteiger partial charge is 0.378 e. The number of morpholine rings is 1. The number of benzene rings is 1. The van der Waals surface area contributed by atoms with Crippen LogP contribution in [0.2, 0.25) is 0 Å². The van der Waals surface area contributed by atoms with Gasteiger partial charge in [-0.05, 0) is 50.2 Å². The zero-order valence-electron chi connectivity index (χ0n) is 19.6. The van der Waals surface area contributed by atoms with Crippen LogP contribution in [0.3, 0.4) is 0 Å². The van der Waals surface area contributed by atoms with Crippen molar-refractivity contribution in [3.8, 4) is 0 Å². The van der Waals surface area contributed by atoms with Crippen LogP contribution in [-0.2, 0) is 11.2 Å². The Morgan fingerprint density at radius 3 is 2.56 bits per heavy atom. The number of ether oxygens (including phenoxy) is 1. The second kappa shape index (κ2) is 10.0. The number of anilines is 4. The van der Waals surface area contributed by atoms with Crippen molar-refractivity contribution >= 4 is 34.3 Å². The summed E-state index contributed by atoms with van der Waals surface area (Å²) in [6, 6.07) is 14.6. The van der Waals surface area contributed by atoms with Crippen LogP contribution in [0.4, 0.5) is 23.1 Å². The maximum atomic E-state index is 5.46. The molecule has 4 aromatic rings. The van der Waals surface area contributed by atoms with Crippen LogP contribution in [0, 0.1) is 0 Å². The van der Waals surface area contributed by atoms with E-state index < -0.39 is 0 Å². The Morgan fingerprint density at radius 1 is 1.00 bits per heavy atom. The van der Waals surface area contributed by atoms with E-state index in [1.54, 1.807) is 0 Å². The van der Waals surface area contributed by atoms with Gasteiger partial charge in [-0.25, -0.2) is 4.98 Å². The first-order valence-corrected chi connectivity index (χ1v) is 11.8. The molecule has 0 saturated carbocycles. The zero-order chi connectivity index (χ0) is 23.3. The molecule has 3 aromatic heterocycles. The van der Waals surface area contributed by atoms with Gasteiger partial charge in [0.25, 0.3) is 0 Å². The molecule has 4 heterocycles. The van der Waals surface area contributed by atoms with E-state index in [-0.39, 0.29) is 6.04 Å². The summed E-state index contributed by atoms with van der Waals surface area (Å²) >= 11 is 0. The molecule has 0 radical (unpaired) electrons. The fourth-order valence-corrected chi connectivity index (χ4v) is 4.03. The predicted molar refractivity (Wildman–Crippen MR) is 135 cm³/mol. The van der Waals surface area contributed by atoms with Crippen molar-refractivity contribution in [2.75, 3.05) is 48.4 Å². The van der Waals surface area contributed by atoms with E-state index in [2.05, 4.69) is 68.2 Å². The molecular formula is C25H30N8O. The summed E-state index contributed by atoms with van der Waals surface area (Å²) in [5.74, 6) is 1.25. The summed E-state index contributed by atoms with van der Waals surface area (Å²) in [6.45, 7) is 8.31. The minimum absolute atomic E-state index is 0.238. The molecule has 9 nitrogen and oxygen atoms in total. The summed E-state index contributed by atoms with van der Waals surface area (Å²) in [7, 11) is 0. The van der Waals surface area contributed by atoms with Gasteiger partial charge in [-0.15, -0.1) is 0 Å². The Kier molecular flexibility index (Phi) is 6.53. The third-order valence-corrected chi connectivity index (χ3v) is 5.88. The molecule has 1 aromatic carbocycles. The normalized spacial score (nSPS) is 14.0. The lowest BCUT2D eigenvalue weighted by atomic mass is 10.2. The first-order valence-electron chi connectivity index (χ1n) is 11.8. The molecular weight excluding hydrogens is 428 g/mol. The molecule has 176 valence electrons. The van der Waals surface area contributed by atoms with Crippen molar-refractivity contribution in [3.05, 3.63) is 60.7 Å². The second-order valence-electron chi connectivity index (χ2n) is 8.58. The summed E-state index contributed by atoms with van der Waals surface area (Å²) in [5.41, 5.74) is 4.74. The highest BCUT2D eigenvalue weighted by Crippen LogP contribution is 2.26. The summed E-state index contributed by atoms with van der Waals surface area (Å²) in [4.78, 5) is 20.9. The van der Waals surface area contributed by atoms with E-state index in [0.717, 1.165) is 55.3 Å². The molecule has 0 amide bonds. The highest BCUT2D eigenvalue weighted by molar-refractivity contribution is 5.84. The number of hydrogen-bond acceptors (Lipinski definition) is 8. The van der Waals surface area contributed by atoms with Gasteiger partial charge in [0.2, 0.25) is 5.95 Å². The Labute approximate surface area is 199 Å². The maximum Gasteiger partial charge on any atom is 0.231 e. The molecule has 0 unspecified atom stereocenters. The van der Waals surface area contributed by atoms with Crippen molar-refractivity contribution < 1.29 is 4.74 Å². The molecule has 0 atom stereocenters. The molecule has 2 N–H and O–H groups in total. The molecule has 1 aliphatic heterocycles. The number of nitrogens with zero attached hydrogens (tertiary/aromatic N) is 6. The summed E-state index contributed by atoms with van der Waals surface area (Å²) in [5, 5.41) is 6.81. The lowest BCUT2D eigenvalue weighted by Crippen LogP contribution is -2.36. The average Bonchev–Trinajstić information content (AvgIpc) is 3.30. The average molecular weight is 459 g/mol. The van der Waals surface area contributed by atoms with Crippen molar-refractivity contribution in [3.63, 3.8) is 0 Å². The molecule has 34 heavy (non-hydrogen) atoms. The van der Waals surface area contributed by atoms with Crippen LogP contribution in [-0.4, -0.2) is 57.4 Å². The van der Waals surface area contributed by atoms with Gasteiger partial charge in [0.1, 0.15) is 0 Å². The third kappa shape index (κ3) is 4.94. The van der Waals surface area contributed by atoms with Gasteiger partial charge < -0.3 is 24.8 Å². The Morgan fingerprint density at radius 2 is 1.82 bits per heavy atom. The lowest BCUT2D eigenvalue weighted by Gasteiger charge is -2.28. The van der Waals surface area contributed by atoms with Crippen molar-refractivity contribution in [2.24, 2.45) is 0 Å². The van der Waals surface area contributed by atoms with Gasteiger partial charge in [-0.1, -0.05) is 6.07 Å². The molecule has 9 heteroatoms. The van der Waals surface area contributed by atoms with E-state index in [1.807, 2.05) is 30.7 Å². The SMILES string of the molecule is CC(C)n1cnc2c(NCCc3ccccn3)nc(Nc3ccc(N4CCOCC4)cc3)nc21. The van der Waals surface area contributed by atoms with Gasteiger partial charge in [0.05, 0.1) is 19.5 Å². The zero-order valence-corrected chi connectivity index (χ0v) is 19.6. The third-order valence-electron chi connectivity index (χ3n) is 5.88. The highest BCUT2D eigenvalue weighted by Gasteiger charge is 2.16. The topological polar surface area (TPSA) is 93.0 Å². The molecule has 1 fully saturated rings. The molecule has 1 aliphatic rings. The van der Waals surface area contributed by atoms with Crippen LogP contribution in [0.5, 0.6) is 0 Å². The van der Waals surface area contributed by atoms with Crippen LogP contribution in [0.25, 0.3) is 11.2 Å². The Balaban J connectivity index is 1.37. The first-order chi connectivity index (χ1) is 16.7. The van der Waals surface area contributed by atoms with Gasteiger partial charge in [0.15, 0.2) is 17.0 Å². The van der Waals surface area contributed by atoms with Gasteiger partial charge in [-0.3, -0.25) is 4.98 Å². The minimum Gasteiger partial charge on any atom is -0.378 e. The fraction of sp³-hybridized carbons (Fsp3) is 0.360. The standard InChI is InChI=1S/C25H30N8O/c1-18(2)33-17-28-22-23(27-12-10-19-5-3-4-11-26-19)30-25(31-24(22)33)29-20-6-8-21(9-7-20)32-13-15-34-16-14-32/h3-9,11,17-18H,10,12-16H2,1-2H3,(H2,27,29,30,31). The van der Waals surface area contributed by atoms with Gasteiger partial charge >= 0.3 is 0 Å². The van der Waals surface area contributed by atoms with Gasteiger partial charge in [-0.2, -0.15) is 9.97 Å². The summed E-state index contributed by atoms with van der Waals surface area (Å²) < 4.78 is 7.52. The molecule has 0 bridgehead atoms. The number of rotatable bonds is 8. The number of imidazole rings is 1. The van der Waals surface area contributed by atoms with E-state index >= 15 is 0 Å². The summed E-state index contributed by atoms with van der Waals surface area (Å²) in [6.07, 6.45) is 4.44. The maximum absolute atomic E-state index is 5.46. The van der Waals surface area contributed by atoms with E-state index in [9.17, 15) is 0 Å². The molecule has 0 aliphatic carbocycles. The highest BCUT2D eigenvalue weighted by atomic mass is 16.5. The van der Waals surface area contributed by atoms with Crippen molar-refractivity contribution in [1.29, 1.82) is 0 Å². The fourth-order valence-electron chi connectivity index (χ4n) is 4.03. The van der Waals surface area contributed by atoms with E-state index in [4.69, 9.17) is 14.7 Å². The van der Waals surface area contributed by atoms with Crippen LogP contribution < -0.4 is 15.5 Å². The molecule has 0 spiro atoms. The van der Waals surface area contributed by atoms with Crippen molar-refractivity contribution in [1.82, 2.24) is 24.5 Å². The number of nitrogens with one attached hydrogen (secondary N) is 2. The quantitative estimate of drug-likeness (QED) is 0.409. The van der Waals surface area contributed by atoms with E-state index in [1.165, 1.54) is 5.69 Å². The van der Waals surface area contributed by atoms with Crippen molar-refractivity contribution in [2.45, 2.75) is 26.3 Å². The first kappa shape index (κ1) is 22.1. The van der Waals surface area contributed by atoms with Crippen LogP contribution in [0.1, 0.15) is 25.6 Å². The van der Waals surface area contributed by atoms with Crippen LogP contribution in [0.15, 0.2) is 55.0 Å². The number of fused-ring (bicyclic) bond motifs is 1. The van der Waals surface area contributed by atoms with Gasteiger partial charge in [0, 0.05) is 55.4 Å². The smallest absolute Gasteiger partial charge is 0.231 e. The monoisotopic (exact) mass is 458 g/mol. The number of hydrogen-bond donors (Lipinski definition) is 2. The van der Waals surface area contributed by atoms with E-state index in [0.29, 0.717) is 18.3 Å². The lowest BCUT2D eigenvalue weighted by molar-refractivity contribution is 0.122.